The third-order valence-electron chi connectivity index (χ3n) is 3.63. The molecule has 0 aliphatic heterocycles. The first-order chi connectivity index (χ1) is 14.1. The zero-order valence-electron chi connectivity index (χ0n) is 16.7. The number of anilines is 3. The van der Waals surface area contributed by atoms with Crippen LogP contribution in [0.3, 0.4) is 0 Å². The maximum Gasteiger partial charge on any atom is 0.417 e. The number of para-hydroxylation sites is 1. The molecule has 6 nitrogen and oxygen atoms in total. The molecule has 0 aromatic heterocycles. The maximum absolute atomic E-state index is 12.1. The first-order valence-electron chi connectivity index (χ1n) is 9.37. The highest BCUT2D eigenvalue weighted by atomic mass is 16.6. The molecule has 3 N–H and O–H groups in total. The van der Waals surface area contributed by atoms with Gasteiger partial charge in [-0.25, -0.2) is 9.59 Å². The van der Waals surface area contributed by atoms with E-state index in [2.05, 4.69) is 16.0 Å². The van der Waals surface area contributed by atoms with Gasteiger partial charge in [0.1, 0.15) is 5.75 Å². The third kappa shape index (κ3) is 7.38. The molecule has 0 fully saturated rings. The van der Waals surface area contributed by atoms with Gasteiger partial charge in [-0.15, -0.1) is 0 Å². The number of urea groups is 1. The number of aryl methyl sites for hydroxylation is 1. The largest absolute Gasteiger partial charge is 0.417 e. The number of hydrogen-bond acceptors (Lipinski definition) is 3. The summed E-state index contributed by atoms with van der Waals surface area (Å²) in [5, 5.41) is 8.10. The van der Waals surface area contributed by atoms with Crippen molar-refractivity contribution in [1.82, 2.24) is 0 Å². The minimum atomic E-state index is -0.609. The minimum Gasteiger partial charge on any atom is -0.410 e. The normalized spacial score (nSPS) is 9.48. The van der Waals surface area contributed by atoms with Crippen LogP contribution in [0.2, 0.25) is 0 Å². The number of ether oxygens (including phenoxy) is 1. The van der Waals surface area contributed by atoms with Gasteiger partial charge in [-0.1, -0.05) is 55.8 Å². The van der Waals surface area contributed by atoms with Gasteiger partial charge in [-0.05, 0) is 49.4 Å². The lowest BCUT2D eigenvalue weighted by atomic mass is 10.2. The molecule has 29 heavy (non-hydrogen) atoms. The Hall–Kier alpha value is -3.80. The van der Waals surface area contributed by atoms with E-state index in [1.807, 2.05) is 51.1 Å². The summed E-state index contributed by atoms with van der Waals surface area (Å²) in [4.78, 5) is 24.1. The van der Waals surface area contributed by atoms with Gasteiger partial charge in [0, 0.05) is 17.1 Å². The summed E-state index contributed by atoms with van der Waals surface area (Å²) >= 11 is 0. The van der Waals surface area contributed by atoms with Gasteiger partial charge in [0.15, 0.2) is 0 Å². The molecule has 0 saturated heterocycles. The zero-order chi connectivity index (χ0) is 21.1. The number of carbonyl (C=O) groups is 2. The van der Waals surface area contributed by atoms with E-state index in [1.54, 1.807) is 48.5 Å². The number of amides is 3. The summed E-state index contributed by atoms with van der Waals surface area (Å²) < 4.78 is 5.18. The van der Waals surface area contributed by atoms with Crippen molar-refractivity contribution >= 4 is 29.2 Å². The average Bonchev–Trinajstić information content (AvgIpc) is 2.72. The highest BCUT2D eigenvalue weighted by Crippen LogP contribution is 2.17. The lowest BCUT2D eigenvalue weighted by molar-refractivity contribution is 0.215. The molecular weight excluding hydrogens is 366 g/mol. The smallest absolute Gasteiger partial charge is 0.410 e. The fourth-order valence-electron chi connectivity index (χ4n) is 2.34. The Morgan fingerprint density at radius 2 is 1.28 bits per heavy atom. The van der Waals surface area contributed by atoms with Gasteiger partial charge < -0.3 is 15.4 Å². The molecule has 0 spiro atoms. The van der Waals surface area contributed by atoms with Gasteiger partial charge >= 0.3 is 12.1 Å². The van der Waals surface area contributed by atoms with E-state index in [0.717, 1.165) is 5.56 Å². The summed E-state index contributed by atoms with van der Waals surface area (Å²) in [5.74, 6) is 0.446. The molecule has 0 heterocycles. The average molecular weight is 391 g/mol. The van der Waals surface area contributed by atoms with Gasteiger partial charge in [0.25, 0.3) is 0 Å². The number of carbonyl (C=O) groups excluding carboxylic acids is 2. The maximum atomic E-state index is 12.1. The van der Waals surface area contributed by atoms with E-state index in [0.29, 0.717) is 22.8 Å². The van der Waals surface area contributed by atoms with Crippen LogP contribution in [-0.2, 0) is 0 Å². The lowest BCUT2D eigenvalue weighted by Gasteiger charge is -2.10. The Kier molecular flexibility index (Phi) is 8.26. The van der Waals surface area contributed by atoms with Gasteiger partial charge in [0.05, 0.1) is 0 Å². The van der Waals surface area contributed by atoms with E-state index in [9.17, 15) is 9.59 Å². The molecule has 6 heteroatoms. The molecule has 0 radical (unpaired) electrons. The van der Waals surface area contributed by atoms with Crippen LogP contribution in [0.1, 0.15) is 19.4 Å². The monoisotopic (exact) mass is 391 g/mol. The van der Waals surface area contributed by atoms with E-state index in [4.69, 9.17) is 4.74 Å². The van der Waals surface area contributed by atoms with E-state index in [1.165, 1.54) is 0 Å². The summed E-state index contributed by atoms with van der Waals surface area (Å²) in [5.41, 5.74) is 2.85. The Balaban J connectivity index is 0.00000145. The third-order valence-corrected chi connectivity index (χ3v) is 3.63. The molecule has 0 saturated carbocycles. The highest BCUT2D eigenvalue weighted by molar-refractivity contribution is 6.00. The second-order valence-electron chi connectivity index (χ2n) is 5.85. The minimum absolute atomic E-state index is 0.372. The zero-order valence-corrected chi connectivity index (χ0v) is 16.7. The topological polar surface area (TPSA) is 79.5 Å². The van der Waals surface area contributed by atoms with Crippen LogP contribution in [0.15, 0.2) is 78.9 Å². The fraction of sp³-hybridized carbons (Fsp3) is 0.130. The summed E-state index contributed by atoms with van der Waals surface area (Å²) in [6, 6.07) is 22.7. The highest BCUT2D eigenvalue weighted by Gasteiger charge is 2.07. The van der Waals surface area contributed by atoms with Gasteiger partial charge in [0.2, 0.25) is 0 Å². The molecule has 0 aliphatic rings. The van der Waals surface area contributed by atoms with Crippen molar-refractivity contribution in [1.29, 1.82) is 0 Å². The summed E-state index contributed by atoms with van der Waals surface area (Å²) in [7, 11) is 0. The first kappa shape index (κ1) is 21.5. The Morgan fingerprint density at radius 1 is 0.690 bits per heavy atom. The van der Waals surface area contributed by atoms with Crippen LogP contribution in [-0.4, -0.2) is 12.1 Å². The van der Waals surface area contributed by atoms with Crippen LogP contribution in [0, 0.1) is 6.92 Å². The van der Waals surface area contributed by atoms with Crippen LogP contribution in [0.5, 0.6) is 5.75 Å². The van der Waals surface area contributed by atoms with Crippen LogP contribution in [0.25, 0.3) is 0 Å². The molecule has 3 amide bonds. The Bertz CT molecular complexity index is 926. The van der Waals surface area contributed by atoms with Crippen LogP contribution < -0.4 is 20.7 Å². The standard InChI is InChI=1S/C21H19N3O3.C2H6/c1-15-10-12-16(13-11-15)22-20(25)23-17-6-5-7-18(14-17)24-21(26)27-19-8-3-2-4-9-19;1-2/h2-14H,1H3,(H,24,26)(H2,22,23,25);1-2H3. The quantitative estimate of drug-likeness (QED) is 0.490. The van der Waals surface area contributed by atoms with Crippen molar-refractivity contribution in [3.05, 3.63) is 84.4 Å². The fourth-order valence-corrected chi connectivity index (χ4v) is 2.34. The predicted molar refractivity (Wildman–Crippen MR) is 118 cm³/mol. The first-order valence-corrected chi connectivity index (χ1v) is 9.37. The van der Waals surface area contributed by atoms with Crippen molar-refractivity contribution in [3.8, 4) is 5.75 Å². The molecule has 150 valence electrons. The molecule has 0 unspecified atom stereocenters. The van der Waals surface area contributed by atoms with Gasteiger partial charge in [-0.2, -0.15) is 0 Å². The van der Waals surface area contributed by atoms with Crippen molar-refractivity contribution in [2.24, 2.45) is 0 Å². The summed E-state index contributed by atoms with van der Waals surface area (Å²) in [6.45, 7) is 5.98. The van der Waals surface area contributed by atoms with Crippen molar-refractivity contribution in [2.45, 2.75) is 20.8 Å². The number of nitrogens with one attached hydrogen (secondary N) is 3. The second-order valence-corrected chi connectivity index (χ2v) is 5.85. The molecule has 3 rings (SSSR count). The number of benzene rings is 3. The Morgan fingerprint density at radius 3 is 1.93 bits per heavy atom. The molecule has 3 aromatic rings. The summed E-state index contributed by atoms with van der Waals surface area (Å²) in [6.07, 6.45) is -0.609. The molecular formula is C23H25N3O3. The number of hydrogen-bond donors (Lipinski definition) is 3. The van der Waals surface area contributed by atoms with Crippen molar-refractivity contribution in [3.63, 3.8) is 0 Å². The Labute approximate surface area is 170 Å². The predicted octanol–water partition coefficient (Wildman–Crippen LogP) is 6.28. The lowest BCUT2D eigenvalue weighted by Crippen LogP contribution is -2.20. The van der Waals surface area contributed by atoms with Crippen molar-refractivity contribution in [2.75, 3.05) is 16.0 Å². The van der Waals surface area contributed by atoms with E-state index in [-0.39, 0.29) is 6.03 Å². The van der Waals surface area contributed by atoms with E-state index < -0.39 is 6.09 Å². The molecule has 3 aromatic carbocycles. The van der Waals surface area contributed by atoms with Gasteiger partial charge in [-0.3, -0.25) is 5.32 Å². The number of rotatable bonds is 4. The molecule has 0 atom stereocenters. The second kappa shape index (κ2) is 11.1. The van der Waals surface area contributed by atoms with Crippen LogP contribution in [0.4, 0.5) is 26.7 Å². The van der Waals surface area contributed by atoms with E-state index >= 15 is 0 Å². The van der Waals surface area contributed by atoms with Crippen LogP contribution >= 0.6 is 0 Å². The molecule has 0 aliphatic carbocycles. The van der Waals surface area contributed by atoms with Crippen molar-refractivity contribution < 1.29 is 14.3 Å². The molecule has 0 bridgehead atoms. The SMILES string of the molecule is CC.Cc1ccc(NC(=O)Nc2cccc(NC(=O)Oc3ccccc3)c2)cc1.